The molecule has 8 heteroatoms. The standard InChI is InChI=1S/C6H7NO2S.C4H6O4/c7-10(8,9)6-4-2-1-3-5-6;5-3(6)1-2-4(7)8/h1-5H,(H2,7,8,9);1-2H2,(H,5,6)(H,7,8). The molecule has 18 heavy (non-hydrogen) atoms. The van der Waals surface area contributed by atoms with Crippen LogP contribution in [-0.2, 0) is 19.6 Å². The van der Waals surface area contributed by atoms with E-state index in [0.717, 1.165) is 0 Å². The van der Waals surface area contributed by atoms with Crippen molar-refractivity contribution in [2.75, 3.05) is 0 Å². The highest BCUT2D eigenvalue weighted by Gasteiger charge is 2.07. The van der Waals surface area contributed by atoms with Crippen molar-refractivity contribution in [1.82, 2.24) is 0 Å². The number of carboxylic acids is 2. The van der Waals surface area contributed by atoms with Crippen LogP contribution in [0.4, 0.5) is 0 Å². The van der Waals surface area contributed by atoms with E-state index in [-0.39, 0.29) is 11.3 Å². The Morgan fingerprint density at radius 2 is 1.67 bits per heavy atom. The molecule has 1 aromatic carbocycles. The first kappa shape index (κ1) is 16.1. The summed E-state index contributed by atoms with van der Waals surface area (Å²) in [5.74, 6) is -2.44. The smallest absolute Gasteiger partial charge is 0.322 e. The summed E-state index contributed by atoms with van der Waals surface area (Å²) < 4.78 is 21.4. The van der Waals surface area contributed by atoms with Gasteiger partial charge in [-0.1, -0.05) is 18.2 Å². The number of quaternary nitrogens is 1. The van der Waals surface area contributed by atoms with Crippen LogP contribution in [0.2, 0.25) is 0 Å². The van der Waals surface area contributed by atoms with Gasteiger partial charge in [-0.25, -0.2) is 5.14 Å². The second kappa shape index (κ2) is 7.41. The van der Waals surface area contributed by atoms with Gasteiger partial charge < -0.3 is 15.0 Å². The summed E-state index contributed by atoms with van der Waals surface area (Å²) in [5.41, 5.74) is 0. The van der Waals surface area contributed by atoms with Gasteiger partial charge in [0.15, 0.2) is 0 Å². The predicted molar refractivity (Wildman–Crippen MR) is 58.4 cm³/mol. The molecule has 0 saturated carbocycles. The van der Waals surface area contributed by atoms with Crippen molar-refractivity contribution in [3.8, 4) is 0 Å². The molecule has 1 rings (SSSR count). The summed E-state index contributed by atoms with van der Waals surface area (Å²) in [4.78, 5) is 19.4. The van der Waals surface area contributed by atoms with Crippen LogP contribution in [0, 0.1) is 0 Å². The van der Waals surface area contributed by atoms with Gasteiger partial charge >= 0.3 is 16.0 Å². The highest BCUT2D eigenvalue weighted by molar-refractivity contribution is 7.84. The van der Waals surface area contributed by atoms with Crippen molar-refractivity contribution in [3.05, 3.63) is 30.3 Å². The lowest BCUT2D eigenvalue weighted by molar-refractivity contribution is -0.305. The largest absolute Gasteiger partial charge is 0.550 e. The molecular formula is C10H13NO6S. The zero-order valence-corrected chi connectivity index (χ0v) is 10.2. The summed E-state index contributed by atoms with van der Waals surface area (Å²) in [7, 11) is -3.25. The summed E-state index contributed by atoms with van der Waals surface area (Å²) >= 11 is 0. The molecule has 0 amide bonds. The molecule has 0 unspecified atom stereocenters. The van der Waals surface area contributed by atoms with Crippen molar-refractivity contribution in [3.63, 3.8) is 0 Å². The molecule has 0 atom stereocenters. The van der Waals surface area contributed by atoms with Crippen molar-refractivity contribution in [1.29, 1.82) is 0 Å². The maximum Gasteiger partial charge on any atom is 0.322 e. The van der Waals surface area contributed by atoms with E-state index in [9.17, 15) is 23.1 Å². The Hall–Kier alpha value is -1.93. The van der Waals surface area contributed by atoms with Gasteiger partial charge in [-0.3, -0.25) is 4.79 Å². The topological polar surface area (TPSA) is 139 Å². The number of carboxylic acid groups (broad SMARTS) is 2. The van der Waals surface area contributed by atoms with Gasteiger partial charge in [0.25, 0.3) is 0 Å². The van der Waals surface area contributed by atoms with Crippen molar-refractivity contribution >= 4 is 22.0 Å². The molecule has 0 heterocycles. The zero-order valence-electron chi connectivity index (χ0n) is 9.40. The van der Waals surface area contributed by atoms with Crippen LogP contribution < -0.4 is 10.2 Å². The fourth-order valence-corrected chi connectivity index (χ4v) is 1.41. The van der Waals surface area contributed by atoms with E-state index in [1.54, 1.807) is 18.2 Å². The lowest BCUT2D eigenvalue weighted by Crippen LogP contribution is -2.56. The first-order chi connectivity index (χ1) is 8.23. The Balaban J connectivity index is 0.000000331. The summed E-state index contributed by atoms with van der Waals surface area (Å²) in [6, 6.07) is 8.12. The quantitative estimate of drug-likeness (QED) is 0.665. The average Bonchev–Trinajstić information content (AvgIpc) is 2.27. The second-order valence-electron chi connectivity index (χ2n) is 3.19. The van der Waals surface area contributed by atoms with Gasteiger partial charge in [0, 0.05) is 5.97 Å². The van der Waals surface area contributed by atoms with Crippen LogP contribution in [0.25, 0.3) is 0 Å². The third-order valence-corrected chi connectivity index (χ3v) is 2.64. The van der Waals surface area contributed by atoms with E-state index in [2.05, 4.69) is 5.14 Å². The highest BCUT2D eigenvalue weighted by Crippen LogP contribution is 2.01. The summed E-state index contributed by atoms with van der Waals surface area (Å²) in [6.07, 6.45) is -0.766. The van der Waals surface area contributed by atoms with E-state index < -0.39 is 28.4 Å². The van der Waals surface area contributed by atoms with Gasteiger partial charge in [-0.2, -0.15) is 8.42 Å². The Bertz CT molecular complexity index is 482. The third-order valence-electron chi connectivity index (χ3n) is 1.65. The van der Waals surface area contributed by atoms with Gasteiger partial charge in [-0.05, 0) is 18.6 Å². The van der Waals surface area contributed by atoms with E-state index in [0.29, 0.717) is 0 Å². The molecule has 0 saturated heterocycles. The first-order valence-corrected chi connectivity index (χ1v) is 6.43. The highest BCUT2D eigenvalue weighted by atomic mass is 32.2. The summed E-state index contributed by atoms with van der Waals surface area (Å²) in [6.45, 7) is 0. The molecular weight excluding hydrogens is 262 g/mol. The predicted octanol–water partition coefficient (Wildman–Crippen LogP) is -1.78. The molecule has 0 bridgehead atoms. The number of rotatable bonds is 4. The van der Waals surface area contributed by atoms with Gasteiger partial charge in [0.1, 0.15) is 4.90 Å². The van der Waals surface area contributed by atoms with Gasteiger partial charge in [0.05, 0.1) is 6.42 Å². The van der Waals surface area contributed by atoms with Gasteiger partial charge in [-0.15, -0.1) is 0 Å². The maximum absolute atomic E-state index is 10.7. The Kier molecular flexibility index (Phi) is 6.61. The number of hydrogen-bond acceptors (Lipinski definition) is 5. The van der Waals surface area contributed by atoms with Crippen molar-refractivity contribution < 1.29 is 33.4 Å². The first-order valence-electron chi connectivity index (χ1n) is 4.78. The third kappa shape index (κ3) is 8.25. The lowest BCUT2D eigenvalue weighted by Gasteiger charge is -1.94. The molecule has 100 valence electrons. The monoisotopic (exact) mass is 275 g/mol. The average molecular weight is 275 g/mol. The molecule has 0 aromatic heterocycles. The minimum Gasteiger partial charge on any atom is -0.550 e. The molecule has 0 aliphatic heterocycles. The number of aliphatic carboxylic acids is 2. The molecule has 0 radical (unpaired) electrons. The number of carbonyl (C=O) groups excluding carboxylic acids is 1. The Morgan fingerprint density at radius 3 is 1.89 bits per heavy atom. The van der Waals surface area contributed by atoms with E-state index in [4.69, 9.17) is 5.11 Å². The molecule has 7 nitrogen and oxygen atoms in total. The van der Waals surface area contributed by atoms with Crippen LogP contribution in [0.5, 0.6) is 0 Å². The molecule has 0 spiro atoms. The maximum atomic E-state index is 10.7. The SMILES string of the molecule is O=C([O-])CCC(=O)O.[NH3+]S(=O)(=O)c1ccccc1. The lowest BCUT2D eigenvalue weighted by atomic mass is 10.3. The second-order valence-corrected chi connectivity index (χ2v) is 4.89. The number of benzene rings is 1. The zero-order chi connectivity index (χ0) is 14.2. The molecule has 1 aromatic rings. The molecule has 0 aliphatic rings. The van der Waals surface area contributed by atoms with Crippen molar-refractivity contribution in [2.45, 2.75) is 17.7 Å². The minimum atomic E-state index is -3.25. The van der Waals surface area contributed by atoms with Crippen LogP contribution in [-0.4, -0.2) is 25.5 Å². The number of sulfonamides is 1. The van der Waals surface area contributed by atoms with Crippen LogP contribution in [0.1, 0.15) is 12.8 Å². The number of carbonyl (C=O) groups is 2. The molecule has 0 fully saturated rings. The molecule has 4 N–H and O–H groups in total. The number of hydrogen-bond donors (Lipinski definition) is 2. The van der Waals surface area contributed by atoms with Crippen molar-refractivity contribution in [2.24, 2.45) is 0 Å². The fraction of sp³-hybridized carbons (Fsp3) is 0.200. The Labute approximate surface area is 104 Å². The van der Waals surface area contributed by atoms with Gasteiger partial charge in [0.2, 0.25) is 0 Å². The van der Waals surface area contributed by atoms with Crippen LogP contribution in [0.15, 0.2) is 35.2 Å². The normalized spacial score (nSPS) is 10.1. The van der Waals surface area contributed by atoms with E-state index in [1.807, 2.05) is 0 Å². The minimum absolute atomic E-state index is 0.259. The van der Waals surface area contributed by atoms with E-state index >= 15 is 0 Å². The molecule has 0 aliphatic carbocycles. The fourth-order valence-electron chi connectivity index (χ4n) is 0.837. The Morgan fingerprint density at radius 1 is 1.17 bits per heavy atom. The van der Waals surface area contributed by atoms with Crippen LogP contribution in [0.3, 0.4) is 0 Å². The summed E-state index contributed by atoms with van der Waals surface area (Å²) in [5, 5.41) is 20.4. The van der Waals surface area contributed by atoms with E-state index in [1.165, 1.54) is 12.1 Å². The van der Waals surface area contributed by atoms with Crippen LogP contribution >= 0.6 is 0 Å².